The third kappa shape index (κ3) is 6.07. The normalized spacial score (nSPS) is 12.3. The lowest BCUT2D eigenvalue weighted by Crippen LogP contribution is -2.42. The Balaban J connectivity index is 2.73. The van der Waals surface area contributed by atoms with Crippen molar-refractivity contribution in [2.75, 3.05) is 0 Å². The fourth-order valence-corrected chi connectivity index (χ4v) is 1.97. The lowest BCUT2D eigenvalue weighted by molar-refractivity contribution is -0.142. The molecule has 7 heteroatoms. The zero-order chi connectivity index (χ0) is 16.7. The van der Waals surface area contributed by atoms with Gasteiger partial charge >= 0.3 is 12.6 Å². The van der Waals surface area contributed by atoms with E-state index in [2.05, 4.69) is 10.1 Å². The van der Waals surface area contributed by atoms with Gasteiger partial charge in [0.05, 0.1) is 6.42 Å². The molecule has 0 saturated heterocycles. The van der Waals surface area contributed by atoms with Crippen molar-refractivity contribution in [2.45, 2.75) is 39.3 Å². The first-order chi connectivity index (χ1) is 10.3. The summed E-state index contributed by atoms with van der Waals surface area (Å²) in [6, 6.07) is 4.91. The molecule has 0 saturated carbocycles. The number of carboxylic acids is 1. The highest BCUT2D eigenvalue weighted by molar-refractivity contribution is 5.85. The molecule has 22 heavy (non-hydrogen) atoms. The quantitative estimate of drug-likeness (QED) is 0.772. The highest BCUT2D eigenvalue weighted by atomic mass is 19.3. The van der Waals surface area contributed by atoms with E-state index in [1.165, 1.54) is 18.2 Å². The maximum atomic E-state index is 12.3. The van der Waals surface area contributed by atoms with Crippen LogP contribution in [0.1, 0.15) is 25.8 Å². The summed E-state index contributed by atoms with van der Waals surface area (Å²) in [4.78, 5) is 23.0. The summed E-state index contributed by atoms with van der Waals surface area (Å²) in [5.74, 6) is -1.68. The number of alkyl halides is 2. The van der Waals surface area contributed by atoms with E-state index >= 15 is 0 Å². The van der Waals surface area contributed by atoms with Gasteiger partial charge in [-0.05, 0) is 18.4 Å². The van der Waals surface area contributed by atoms with Gasteiger partial charge in [0.1, 0.15) is 11.8 Å². The van der Waals surface area contributed by atoms with Crippen LogP contribution in [-0.2, 0) is 16.0 Å². The topological polar surface area (TPSA) is 75.6 Å². The Labute approximate surface area is 127 Å². The van der Waals surface area contributed by atoms with E-state index in [0.717, 1.165) is 0 Å². The van der Waals surface area contributed by atoms with Crippen LogP contribution in [0.3, 0.4) is 0 Å². The number of carbonyl (C=O) groups is 2. The van der Waals surface area contributed by atoms with Crippen LogP contribution in [0.2, 0.25) is 0 Å². The average Bonchev–Trinajstić information content (AvgIpc) is 2.39. The first-order valence-corrected chi connectivity index (χ1v) is 6.84. The van der Waals surface area contributed by atoms with Gasteiger partial charge in [-0.1, -0.05) is 32.0 Å². The van der Waals surface area contributed by atoms with Crippen LogP contribution in [0.5, 0.6) is 5.75 Å². The minimum atomic E-state index is -2.99. The standard InChI is InChI=1S/C15H19F2NO4/c1-9(2)7-11(14(20)21)18-13(19)8-10-5-3-4-6-12(10)22-15(16)17/h3-6,9,11,15H,7-8H2,1-2H3,(H,18,19)(H,20,21). The minimum Gasteiger partial charge on any atom is -0.480 e. The lowest BCUT2D eigenvalue weighted by atomic mass is 10.0. The van der Waals surface area contributed by atoms with Crippen LogP contribution >= 0.6 is 0 Å². The van der Waals surface area contributed by atoms with E-state index in [1.54, 1.807) is 6.07 Å². The second-order valence-electron chi connectivity index (χ2n) is 5.25. The fourth-order valence-electron chi connectivity index (χ4n) is 1.97. The molecule has 1 rings (SSSR count). The van der Waals surface area contributed by atoms with Crippen LogP contribution in [-0.4, -0.2) is 29.6 Å². The Kier molecular flexibility index (Phi) is 6.75. The Morgan fingerprint density at radius 1 is 1.27 bits per heavy atom. The largest absolute Gasteiger partial charge is 0.480 e. The Hall–Kier alpha value is -2.18. The van der Waals surface area contributed by atoms with Gasteiger partial charge in [-0.15, -0.1) is 0 Å². The predicted octanol–water partition coefficient (Wildman–Crippen LogP) is 2.45. The molecule has 2 N–H and O–H groups in total. The molecule has 0 aliphatic carbocycles. The Morgan fingerprint density at radius 2 is 1.91 bits per heavy atom. The number of ether oxygens (including phenoxy) is 1. The van der Waals surface area contributed by atoms with E-state index in [9.17, 15) is 18.4 Å². The van der Waals surface area contributed by atoms with Gasteiger partial charge in [-0.3, -0.25) is 4.79 Å². The first-order valence-electron chi connectivity index (χ1n) is 6.84. The highest BCUT2D eigenvalue weighted by Crippen LogP contribution is 2.20. The number of halogens is 2. The van der Waals surface area contributed by atoms with Crippen LogP contribution in [0.25, 0.3) is 0 Å². The van der Waals surface area contributed by atoms with Crippen molar-refractivity contribution in [2.24, 2.45) is 5.92 Å². The number of hydrogen-bond acceptors (Lipinski definition) is 3. The average molecular weight is 315 g/mol. The molecule has 1 amide bonds. The maximum Gasteiger partial charge on any atom is 0.387 e. The number of carbonyl (C=O) groups excluding carboxylic acids is 1. The molecule has 1 atom stereocenters. The van der Waals surface area contributed by atoms with Gasteiger partial charge in [0.25, 0.3) is 0 Å². The van der Waals surface area contributed by atoms with Gasteiger partial charge in [-0.25, -0.2) is 4.79 Å². The van der Waals surface area contributed by atoms with Gasteiger partial charge in [0, 0.05) is 5.56 Å². The van der Waals surface area contributed by atoms with Crippen LogP contribution in [0, 0.1) is 5.92 Å². The van der Waals surface area contributed by atoms with E-state index in [1.807, 2.05) is 13.8 Å². The zero-order valence-electron chi connectivity index (χ0n) is 12.4. The number of hydrogen-bond donors (Lipinski definition) is 2. The molecule has 0 aliphatic heterocycles. The molecule has 1 unspecified atom stereocenters. The molecule has 0 aliphatic rings. The van der Waals surface area contributed by atoms with Crippen LogP contribution in [0.15, 0.2) is 24.3 Å². The van der Waals surface area contributed by atoms with E-state index in [-0.39, 0.29) is 30.1 Å². The molecule has 0 spiro atoms. The molecule has 0 heterocycles. The number of rotatable bonds is 8. The summed E-state index contributed by atoms with van der Waals surface area (Å²) in [7, 11) is 0. The number of nitrogens with one attached hydrogen (secondary N) is 1. The Morgan fingerprint density at radius 3 is 2.45 bits per heavy atom. The smallest absolute Gasteiger partial charge is 0.387 e. The summed E-state index contributed by atoms with van der Waals surface area (Å²) in [6.07, 6.45) is 0.0566. The van der Waals surface area contributed by atoms with E-state index < -0.39 is 24.5 Å². The summed E-state index contributed by atoms with van der Waals surface area (Å²) in [5, 5.41) is 11.5. The third-order valence-corrected chi connectivity index (χ3v) is 2.88. The molecule has 0 radical (unpaired) electrons. The monoisotopic (exact) mass is 315 g/mol. The van der Waals surface area contributed by atoms with Crippen molar-refractivity contribution in [1.82, 2.24) is 5.32 Å². The molecule has 1 aromatic carbocycles. The first kappa shape index (κ1) is 17.9. The molecule has 0 fully saturated rings. The summed E-state index contributed by atoms with van der Waals surface area (Å²) in [6.45, 7) is 0.693. The van der Waals surface area contributed by atoms with Gasteiger partial charge in [0.15, 0.2) is 0 Å². The number of aliphatic carboxylic acids is 1. The highest BCUT2D eigenvalue weighted by Gasteiger charge is 2.22. The molecule has 1 aromatic rings. The van der Waals surface area contributed by atoms with Gasteiger partial charge in [-0.2, -0.15) is 8.78 Å². The SMILES string of the molecule is CC(C)CC(NC(=O)Cc1ccccc1OC(F)F)C(=O)O. The molecule has 5 nitrogen and oxygen atoms in total. The molecule has 0 aromatic heterocycles. The lowest BCUT2D eigenvalue weighted by Gasteiger charge is -2.17. The Bertz CT molecular complexity index is 520. The number of para-hydroxylation sites is 1. The minimum absolute atomic E-state index is 0.0934. The summed E-state index contributed by atoms with van der Waals surface area (Å²) in [5.41, 5.74) is 0.272. The predicted molar refractivity (Wildman–Crippen MR) is 75.8 cm³/mol. The summed E-state index contributed by atoms with van der Waals surface area (Å²) >= 11 is 0. The van der Waals surface area contributed by atoms with Crippen molar-refractivity contribution in [3.8, 4) is 5.75 Å². The van der Waals surface area contributed by atoms with Crippen LogP contribution in [0.4, 0.5) is 8.78 Å². The number of carboxylic acid groups (broad SMARTS) is 1. The van der Waals surface area contributed by atoms with Crippen LogP contribution < -0.4 is 10.1 Å². The van der Waals surface area contributed by atoms with Gasteiger partial charge < -0.3 is 15.2 Å². The number of benzene rings is 1. The molecular weight excluding hydrogens is 296 g/mol. The van der Waals surface area contributed by atoms with Crippen molar-refractivity contribution in [3.05, 3.63) is 29.8 Å². The third-order valence-electron chi connectivity index (χ3n) is 2.88. The zero-order valence-corrected chi connectivity index (χ0v) is 12.4. The van der Waals surface area contributed by atoms with Crippen molar-refractivity contribution in [3.63, 3.8) is 0 Å². The van der Waals surface area contributed by atoms with Crippen molar-refractivity contribution in [1.29, 1.82) is 0 Å². The fraction of sp³-hybridized carbons (Fsp3) is 0.467. The molecular formula is C15H19F2NO4. The maximum absolute atomic E-state index is 12.3. The second kappa shape index (κ2) is 8.31. The van der Waals surface area contributed by atoms with E-state index in [0.29, 0.717) is 0 Å². The molecule has 122 valence electrons. The number of amides is 1. The van der Waals surface area contributed by atoms with Crippen molar-refractivity contribution >= 4 is 11.9 Å². The summed E-state index contributed by atoms with van der Waals surface area (Å²) < 4.78 is 28.9. The van der Waals surface area contributed by atoms with E-state index in [4.69, 9.17) is 5.11 Å². The van der Waals surface area contributed by atoms with Gasteiger partial charge in [0.2, 0.25) is 5.91 Å². The molecule has 0 bridgehead atoms. The second-order valence-corrected chi connectivity index (χ2v) is 5.25. The van der Waals surface area contributed by atoms with Crippen molar-refractivity contribution < 1.29 is 28.2 Å².